The summed E-state index contributed by atoms with van der Waals surface area (Å²) in [5, 5.41) is 7.49. The van der Waals surface area contributed by atoms with Crippen LogP contribution < -0.4 is 14.8 Å². The number of ether oxygens (including phenoxy) is 2. The van der Waals surface area contributed by atoms with E-state index in [0.29, 0.717) is 18.0 Å². The number of methoxy groups -OCH3 is 1. The molecule has 0 fully saturated rings. The molecule has 6 nitrogen and oxygen atoms in total. The minimum atomic E-state index is -0.191. The highest BCUT2D eigenvalue weighted by atomic mass is 16.5. The fourth-order valence-corrected chi connectivity index (χ4v) is 2.83. The molecule has 2 aromatic carbocycles. The van der Waals surface area contributed by atoms with E-state index in [4.69, 9.17) is 9.47 Å². The van der Waals surface area contributed by atoms with Gasteiger partial charge in [-0.1, -0.05) is 24.3 Å². The fourth-order valence-electron chi connectivity index (χ4n) is 2.83. The van der Waals surface area contributed by atoms with E-state index < -0.39 is 0 Å². The maximum atomic E-state index is 12.1. The van der Waals surface area contributed by atoms with Crippen LogP contribution in [0.4, 0.5) is 0 Å². The summed E-state index contributed by atoms with van der Waals surface area (Å²) in [6, 6.07) is 17.1. The molecule has 3 aromatic rings. The summed E-state index contributed by atoms with van der Waals surface area (Å²) in [6.07, 6.45) is 0. The summed E-state index contributed by atoms with van der Waals surface area (Å²) >= 11 is 0. The lowest BCUT2D eigenvalue weighted by Crippen LogP contribution is -2.28. The number of nitrogens with zero attached hydrogens (tertiary/aromatic N) is 2. The standard InChI is InChI=1S/C21H23N3O3/c1-15-20(16(2)24(23-15)17-8-5-4-6-9-17)13-22-21(25)14-27-19-11-7-10-18(12-19)26-3/h4-12H,13-14H2,1-3H3,(H,22,25). The molecule has 0 bridgehead atoms. The zero-order valence-electron chi connectivity index (χ0n) is 15.7. The molecule has 1 amide bonds. The maximum absolute atomic E-state index is 12.1. The number of para-hydroxylation sites is 1. The van der Waals surface area contributed by atoms with Gasteiger partial charge in [0, 0.05) is 23.9 Å². The normalized spacial score (nSPS) is 10.5. The minimum absolute atomic E-state index is 0.0575. The number of nitrogens with one attached hydrogen (secondary N) is 1. The lowest BCUT2D eigenvalue weighted by atomic mass is 10.2. The van der Waals surface area contributed by atoms with Crippen molar-refractivity contribution in [2.24, 2.45) is 0 Å². The lowest BCUT2D eigenvalue weighted by Gasteiger charge is -2.09. The third-order valence-electron chi connectivity index (χ3n) is 4.32. The molecule has 0 saturated heterocycles. The molecule has 1 aromatic heterocycles. The number of carbonyl (C=O) groups is 1. The molecule has 1 N–H and O–H groups in total. The lowest BCUT2D eigenvalue weighted by molar-refractivity contribution is -0.123. The molecule has 0 aliphatic carbocycles. The molecule has 0 aliphatic heterocycles. The van der Waals surface area contributed by atoms with Gasteiger partial charge in [0.15, 0.2) is 6.61 Å². The van der Waals surface area contributed by atoms with Crippen molar-refractivity contribution in [2.45, 2.75) is 20.4 Å². The summed E-state index contributed by atoms with van der Waals surface area (Å²) in [5.74, 6) is 1.09. The Balaban J connectivity index is 1.60. The van der Waals surface area contributed by atoms with Gasteiger partial charge in [0.05, 0.1) is 18.5 Å². The molecule has 27 heavy (non-hydrogen) atoms. The largest absolute Gasteiger partial charge is 0.497 e. The monoisotopic (exact) mass is 365 g/mol. The first-order valence-corrected chi connectivity index (χ1v) is 8.72. The van der Waals surface area contributed by atoms with Crippen LogP contribution in [0.2, 0.25) is 0 Å². The van der Waals surface area contributed by atoms with Gasteiger partial charge in [-0.3, -0.25) is 4.79 Å². The highest BCUT2D eigenvalue weighted by Gasteiger charge is 2.13. The number of rotatable bonds is 7. The molecule has 140 valence electrons. The average molecular weight is 365 g/mol. The zero-order valence-corrected chi connectivity index (χ0v) is 15.7. The topological polar surface area (TPSA) is 65.4 Å². The van der Waals surface area contributed by atoms with Crippen molar-refractivity contribution in [3.05, 3.63) is 71.5 Å². The SMILES string of the molecule is COc1cccc(OCC(=O)NCc2c(C)nn(-c3ccccc3)c2C)c1. The van der Waals surface area contributed by atoms with Crippen LogP contribution in [0.1, 0.15) is 17.0 Å². The Bertz CT molecular complexity index is 920. The Hall–Kier alpha value is -3.28. The molecular formula is C21H23N3O3. The molecule has 1 heterocycles. The first kappa shape index (κ1) is 18.5. The maximum Gasteiger partial charge on any atom is 0.258 e. The van der Waals surface area contributed by atoms with E-state index in [1.807, 2.05) is 61.0 Å². The predicted molar refractivity (Wildman–Crippen MR) is 103 cm³/mol. The molecule has 0 radical (unpaired) electrons. The highest BCUT2D eigenvalue weighted by Crippen LogP contribution is 2.19. The molecule has 3 rings (SSSR count). The van der Waals surface area contributed by atoms with Crippen molar-refractivity contribution in [1.29, 1.82) is 0 Å². The van der Waals surface area contributed by atoms with Crippen molar-refractivity contribution in [3.8, 4) is 17.2 Å². The van der Waals surface area contributed by atoms with E-state index >= 15 is 0 Å². The number of hydrogen-bond acceptors (Lipinski definition) is 4. The van der Waals surface area contributed by atoms with Crippen molar-refractivity contribution < 1.29 is 14.3 Å². The zero-order chi connectivity index (χ0) is 19.2. The van der Waals surface area contributed by atoms with Crippen LogP contribution in [0.15, 0.2) is 54.6 Å². The van der Waals surface area contributed by atoms with Crippen LogP contribution in [0.5, 0.6) is 11.5 Å². The molecule has 0 atom stereocenters. The smallest absolute Gasteiger partial charge is 0.258 e. The van der Waals surface area contributed by atoms with E-state index in [1.54, 1.807) is 19.2 Å². The average Bonchev–Trinajstić information content (AvgIpc) is 2.99. The van der Waals surface area contributed by atoms with Crippen molar-refractivity contribution in [2.75, 3.05) is 13.7 Å². The van der Waals surface area contributed by atoms with Gasteiger partial charge in [0.1, 0.15) is 11.5 Å². The number of aryl methyl sites for hydroxylation is 1. The molecule has 0 aliphatic rings. The number of carbonyl (C=O) groups excluding carboxylic acids is 1. The van der Waals surface area contributed by atoms with Crippen molar-refractivity contribution in [3.63, 3.8) is 0 Å². The minimum Gasteiger partial charge on any atom is -0.497 e. The molecule has 6 heteroatoms. The fraction of sp³-hybridized carbons (Fsp3) is 0.238. The first-order chi connectivity index (χ1) is 13.1. The Morgan fingerprint density at radius 3 is 2.56 bits per heavy atom. The van der Waals surface area contributed by atoms with Gasteiger partial charge in [-0.05, 0) is 38.1 Å². The quantitative estimate of drug-likeness (QED) is 0.698. The van der Waals surface area contributed by atoms with Crippen LogP contribution in [0.25, 0.3) is 5.69 Å². The van der Waals surface area contributed by atoms with Gasteiger partial charge < -0.3 is 14.8 Å². The van der Waals surface area contributed by atoms with E-state index in [0.717, 1.165) is 22.6 Å². The summed E-state index contributed by atoms with van der Waals surface area (Å²) in [6.45, 7) is 4.30. The summed E-state index contributed by atoms with van der Waals surface area (Å²) in [7, 11) is 1.59. The van der Waals surface area contributed by atoms with Crippen LogP contribution in [0, 0.1) is 13.8 Å². The second kappa shape index (κ2) is 8.40. The molecule has 0 unspecified atom stereocenters. The van der Waals surface area contributed by atoms with E-state index in [9.17, 15) is 4.79 Å². The number of benzene rings is 2. The van der Waals surface area contributed by atoms with Gasteiger partial charge in [0.2, 0.25) is 0 Å². The van der Waals surface area contributed by atoms with E-state index in [1.165, 1.54) is 0 Å². The Morgan fingerprint density at radius 2 is 1.81 bits per heavy atom. The first-order valence-electron chi connectivity index (χ1n) is 8.72. The van der Waals surface area contributed by atoms with Gasteiger partial charge in [-0.15, -0.1) is 0 Å². The van der Waals surface area contributed by atoms with Gasteiger partial charge in [-0.2, -0.15) is 5.10 Å². The number of aromatic nitrogens is 2. The Labute approximate surface area is 158 Å². The molecular weight excluding hydrogens is 342 g/mol. The third kappa shape index (κ3) is 4.47. The molecule has 0 saturated carbocycles. The van der Waals surface area contributed by atoms with Crippen molar-refractivity contribution in [1.82, 2.24) is 15.1 Å². The second-order valence-electron chi connectivity index (χ2n) is 6.14. The summed E-state index contributed by atoms with van der Waals surface area (Å²) < 4.78 is 12.6. The van der Waals surface area contributed by atoms with Crippen LogP contribution in [-0.4, -0.2) is 29.4 Å². The van der Waals surface area contributed by atoms with E-state index in [-0.39, 0.29) is 12.5 Å². The Kier molecular flexibility index (Phi) is 5.76. The van der Waals surface area contributed by atoms with Gasteiger partial charge in [-0.25, -0.2) is 4.68 Å². The van der Waals surface area contributed by atoms with Crippen LogP contribution >= 0.6 is 0 Å². The van der Waals surface area contributed by atoms with Crippen LogP contribution in [-0.2, 0) is 11.3 Å². The highest BCUT2D eigenvalue weighted by molar-refractivity contribution is 5.77. The summed E-state index contributed by atoms with van der Waals surface area (Å²) in [4.78, 5) is 12.1. The molecule has 0 spiro atoms. The number of hydrogen-bond donors (Lipinski definition) is 1. The van der Waals surface area contributed by atoms with Crippen LogP contribution in [0.3, 0.4) is 0 Å². The predicted octanol–water partition coefficient (Wildman–Crippen LogP) is 3.19. The second-order valence-corrected chi connectivity index (χ2v) is 6.14. The van der Waals surface area contributed by atoms with Crippen molar-refractivity contribution >= 4 is 5.91 Å². The van der Waals surface area contributed by atoms with Gasteiger partial charge in [0.25, 0.3) is 5.91 Å². The summed E-state index contributed by atoms with van der Waals surface area (Å²) in [5.41, 5.74) is 3.91. The van der Waals surface area contributed by atoms with Gasteiger partial charge >= 0.3 is 0 Å². The Morgan fingerprint density at radius 1 is 1.07 bits per heavy atom. The van der Waals surface area contributed by atoms with E-state index in [2.05, 4.69) is 10.4 Å². The number of amides is 1. The third-order valence-corrected chi connectivity index (χ3v) is 4.32.